The van der Waals surface area contributed by atoms with Gasteiger partial charge in [-0.15, -0.1) is 0 Å². The molecule has 5 nitrogen and oxygen atoms in total. The molecule has 0 fully saturated rings. The van der Waals surface area contributed by atoms with E-state index in [1.807, 2.05) is 49.4 Å². The molecule has 0 radical (unpaired) electrons. The van der Waals surface area contributed by atoms with E-state index in [1.165, 1.54) is 0 Å². The van der Waals surface area contributed by atoms with Crippen molar-refractivity contribution in [1.29, 1.82) is 0 Å². The maximum atomic E-state index is 12.2. The molecule has 138 valence electrons. The van der Waals surface area contributed by atoms with Crippen LogP contribution in [0.1, 0.15) is 29.3 Å². The standard InChI is InChI=1S/C22H22N2O3/c1-2-14-27-19-12-10-17(11-13-19)22(26)24-23-21(25)15-18-8-5-7-16-6-3-4-9-20(16)18/h3-13H,2,14-15H2,1H3,(H,23,25)(H,24,26). The van der Waals surface area contributed by atoms with Crippen LogP contribution in [0, 0.1) is 0 Å². The third kappa shape index (κ3) is 4.85. The van der Waals surface area contributed by atoms with Crippen molar-refractivity contribution in [3.63, 3.8) is 0 Å². The predicted octanol–water partition coefficient (Wildman–Crippen LogP) is 3.63. The summed E-state index contributed by atoms with van der Waals surface area (Å²) in [6.45, 7) is 2.67. The summed E-state index contributed by atoms with van der Waals surface area (Å²) in [5.74, 6) is 0.0688. The lowest BCUT2D eigenvalue weighted by Crippen LogP contribution is -2.42. The SMILES string of the molecule is CCCOc1ccc(C(=O)NNC(=O)Cc2cccc3ccccc23)cc1. The number of carbonyl (C=O) groups excluding carboxylic acids is 2. The maximum Gasteiger partial charge on any atom is 0.269 e. The van der Waals surface area contributed by atoms with Crippen LogP contribution in [0.3, 0.4) is 0 Å². The molecule has 27 heavy (non-hydrogen) atoms. The summed E-state index contributed by atoms with van der Waals surface area (Å²) < 4.78 is 5.49. The van der Waals surface area contributed by atoms with Gasteiger partial charge in [-0.05, 0) is 47.0 Å². The molecule has 5 heteroatoms. The maximum absolute atomic E-state index is 12.2. The average Bonchev–Trinajstić information content (AvgIpc) is 2.71. The van der Waals surface area contributed by atoms with E-state index in [2.05, 4.69) is 10.9 Å². The van der Waals surface area contributed by atoms with Gasteiger partial charge in [0.15, 0.2) is 0 Å². The number of carbonyl (C=O) groups is 2. The van der Waals surface area contributed by atoms with Crippen LogP contribution in [-0.2, 0) is 11.2 Å². The van der Waals surface area contributed by atoms with Crippen LogP contribution >= 0.6 is 0 Å². The van der Waals surface area contributed by atoms with Gasteiger partial charge in [0.05, 0.1) is 13.0 Å². The number of nitrogens with one attached hydrogen (secondary N) is 2. The number of fused-ring (bicyclic) bond motifs is 1. The molecule has 2 N–H and O–H groups in total. The average molecular weight is 362 g/mol. The highest BCUT2D eigenvalue weighted by atomic mass is 16.5. The Labute approximate surface area is 158 Å². The minimum absolute atomic E-state index is 0.186. The van der Waals surface area contributed by atoms with Crippen molar-refractivity contribution < 1.29 is 14.3 Å². The van der Waals surface area contributed by atoms with Gasteiger partial charge in [0, 0.05) is 5.56 Å². The van der Waals surface area contributed by atoms with Crippen molar-refractivity contribution in [2.24, 2.45) is 0 Å². The molecule has 0 aliphatic heterocycles. The van der Waals surface area contributed by atoms with E-state index >= 15 is 0 Å². The Balaban J connectivity index is 1.56. The largest absolute Gasteiger partial charge is 0.494 e. The second kappa shape index (κ2) is 8.85. The summed E-state index contributed by atoms with van der Waals surface area (Å²) in [4.78, 5) is 24.4. The van der Waals surface area contributed by atoms with Crippen molar-refractivity contribution >= 4 is 22.6 Å². The van der Waals surface area contributed by atoms with Crippen molar-refractivity contribution in [3.05, 3.63) is 77.9 Å². The fraction of sp³-hybridized carbons (Fsp3) is 0.182. The molecule has 0 saturated heterocycles. The fourth-order valence-corrected chi connectivity index (χ4v) is 2.78. The summed E-state index contributed by atoms with van der Waals surface area (Å²) in [7, 11) is 0. The second-order valence-corrected chi connectivity index (χ2v) is 6.19. The van der Waals surface area contributed by atoms with Crippen molar-refractivity contribution in [3.8, 4) is 5.75 Å². The Morgan fingerprint density at radius 3 is 2.41 bits per heavy atom. The van der Waals surface area contributed by atoms with Crippen LogP contribution in [-0.4, -0.2) is 18.4 Å². The molecule has 0 saturated carbocycles. The molecule has 0 aliphatic rings. The monoisotopic (exact) mass is 362 g/mol. The zero-order valence-electron chi connectivity index (χ0n) is 15.2. The number of hydrogen-bond acceptors (Lipinski definition) is 3. The number of ether oxygens (including phenoxy) is 1. The van der Waals surface area contributed by atoms with Crippen LogP contribution in [0.5, 0.6) is 5.75 Å². The number of hydrazine groups is 1. The lowest BCUT2D eigenvalue weighted by molar-refractivity contribution is -0.121. The molecule has 0 aliphatic carbocycles. The highest BCUT2D eigenvalue weighted by Gasteiger charge is 2.10. The predicted molar refractivity (Wildman–Crippen MR) is 105 cm³/mol. The summed E-state index contributed by atoms with van der Waals surface area (Å²) in [5.41, 5.74) is 6.29. The number of amides is 2. The van der Waals surface area contributed by atoms with Crippen molar-refractivity contribution in [2.45, 2.75) is 19.8 Å². The Morgan fingerprint density at radius 2 is 1.63 bits per heavy atom. The summed E-state index contributed by atoms with van der Waals surface area (Å²) in [6.07, 6.45) is 1.11. The number of benzene rings is 3. The van der Waals surface area contributed by atoms with Gasteiger partial charge in [0.1, 0.15) is 5.75 Å². The van der Waals surface area contributed by atoms with Crippen molar-refractivity contribution in [1.82, 2.24) is 10.9 Å². The van der Waals surface area contributed by atoms with E-state index in [4.69, 9.17) is 4.74 Å². The lowest BCUT2D eigenvalue weighted by Gasteiger charge is -2.10. The van der Waals surface area contributed by atoms with Gasteiger partial charge in [0.2, 0.25) is 5.91 Å². The summed E-state index contributed by atoms with van der Waals surface area (Å²) in [5, 5.41) is 2.11. The third-order valence-corrected chi connectivity index (χ3v) is 4.14. The Kier molecular flexibility index (Phi) is 6.05. The van der Waals surface area contributed by atoms with E-state index in [0.717, 1.165) is 22.8 Å². The van der Waals surface area contributed by atoms with Crippen LogP contribution in [0.4, 0.5) is 0 Å². The number of hydrogen-bond donors (Lipinski definition) is 2. The van der Waals surface area contributed by atoms with Crippen molar-refractivity contribution in [2.75, 3.05) is 6.61 Å². The minimum Gasteiger partial charge on any atom is -0.494 e. The molecule has 0 atom stereocenters. The normalized spacial score (nSPS) is 10.4. The molecular formula is C22H22N2O3. The van der Waals surface area contributed by atoms with Gasteiger partial charge in [-0.1, -0.05) is 49.4 Å². The zero-order chi connectivity index (χ0) is 19.1. The first-order chi connectivity index (χ1) is 13.2. The van der Waals surface area contributed by atoms with Gasteiger partial charge >= 0.3 is 0 Å². The second-order valence-electron chi connectivity index (χ2n) is 6.19. The quantitative estimate of drug-likeness (QED) is 0.658. The van der Waals surface area contributed by atoms with Gasteiger partial charge < -0.3 is 4.74 Å². The number of rotatable bonds is 6. The molecule has 0 bridgehead atoms. The third-order valence-electron chi connectivity index (χ3n) is 4.14. The van der Waals surface area contributed by atoms with Gasteiger partial charge in [-0.2, -0.15) is 0 Å². The van der Waals surface area contributed by atoms with Crippen LogP contribution in [0.25, 0.3) is 10.8 Å². The first-order valence-corrected chi connectivity index (χ1v) is 8.96. The van der Waals surface area contributed by atoms with Gasteiger partial charge in [0.25, 0.3) is 5.91 Å². The molecular weight excluding hydrogens is 340 g/mol. The molecule has 2 amide bonds. The van der Waals surface area contributed by atoms with Gasteiger partial charge in [-0.25, -0.2) is 0 Å². The Bertz CT molecular complexity index is 930. The first kappa shape index (κ1) is 18.5. The molecule has 3 rings (SSSR count). The van der Waals surface area contributed by atoms with E-state index in [9.17, 15) is 9.59 Å². The highest BCUT2D eigenvalue weighted by molar-refractivity contribution is 5.96. The van der Waals surface area contributed by atoms with E-state index < -0.39 is 0 Å². The highest BCUT2D eigenvalue weighted by Crippen LogP contribution is 2.18. The van der Waals surface area contributed by atoms with E-state index in [0.29, 0.717) is 17.9 Å². The van der Waals surface area contributed by atoms with Crippen LogP contribution in [0.15, 0.2) is 66.7 Å². The summed E-state index contributed by atoms with van der Waals surface area (Å²) in [6, 6.07) is 20.5. The van der Waals surface area contributed by atoms with E-state index in [-0.39, 0.29) is 18.2 Å². The van der Waals surface area contributed by atoms with Crippen LogP contribution in [0.2, 0.25) is 0 Å². The van der Waals surface area contributed by atoms with Crippen LogP contribution < -0.4 is 15.6 Å². The smallest absolute Gasteiger partial charge is 0.269 e. The topological polar surface area (TPSA) is 67.4 Å². The molecule has 0 unspecified atom stereocenters. The fourth-order valence-electron chi connectivity index (χ4n) is 2.78. The van der Waals surface area contributed by atoms with E-state index in [1.54, 1.807) is 24.3 Å². The Hall–Kier alpha value is -3.34. The molecule has 0 aromatic heterocycles. The molecule has 3 aromatic rings. The summed E-state index contributed by atoms with van der Waals surface area (Å²) >= 11 is 0. The Morgan fingerprint density at radius 1 is 0.889 bits per heavy atom. The first-order valence-electron chi connectivity index (χ1n) is 8.96. The minimum atomic E-state index is -0.372. The lowest BCUT2D eigenvalue weighted by atomic mass is 10.0. The molecule has 3 aromatic carbocycles. The molecule has 0 spiro atoms. The zero-order valence-corrected chi connectivity index (χ0v) is 15.2. The van der Waals surface area contributed by atoms with Gasteiger partial charge in [-0.3, -0.25) is 20.4 Å². The molecule has 0 heterocycles.